The summed E-state index contributed by atoms with van der Waals surface area (Å²) >= 11 is 0. The molecule has 1 aromatic heterocycles. The molecule has 5 heteroatoms. The van der Waals surface area contributed by atoms with E-state index in [1.165, 1.54) is 0 Å². The van der Waals surface area contributed by atoms with E-state index in [0.29, 0.717) is 6.61 Å². The van der Waals surface area contributed by atoms with E-state index in [1.54, 1.807) is 0 Å². The maximum absolute atomic E-state index is 5.68. The van der Waals surface area contributed by atoms with Crippen molar-refractivity contribution in [1.82, 2.24) is 15.3 Å². The Kier molecular flexibility index (Phi) is 4.84. The van der Waals surface area contributed by atoms with Crippen LogP contribution in [0.1, 0.15) is 5.82 Å². The maximum Gasteiger partial charge on any atom is 0.144 e. The first-order valence-corrected chi connectivity index (χ1v) is 8.14. The quantitative estimate of drug-likeness (QED) is 0.743. The lowest BCUT2D eigenvalue weighted by atomic mass is 10.2. The molecule has 0 atom stereocenters. The summed E-state index contributed by atoms with van der Waals surface area (Å²) in [5, 5.41) is 4.00. The molecule has 0 fully saturated rings. The number of ether oxygens (including phenoxy) is 1. The summed E-state index contributed by atoms with van der Waals surface area (Å²) in [7, 11) is 3.84. The number of rotatable bonds is 6. The first kappa shape index (κ1) is 16.8. The van der Waals surface area contributed by atoms with Crippen LogP contribution in [0.3, 0.4) is 0 Å². The molecule has 3 rings (SSSR count). The van der Waals surface area contributed by atoms with Crippen LogP contribution in [0.5, 0.6) is 5.75 Å². The van der Waals surface area contributed by atoms with Crippen LogP contribution in [-0.4, -0.2) is 30.7 Å². The highest BCUT2D eigenvalue weighted by molar-refractivity contribution is 5.91. The zero-order chi connectivity index (χ0) is 17.8. The highest BCUT2D eigenvalue weighted by Crippen LogP contribution is 2.29. The van der Waals surface area contributed by atoms with Gasteiger partial charge in [-0.05, 0) is 43.3 Å². The van der Waals surface area contributed by atoms with Crippen molar-refractivity contribution < 1.29 is 4.74 Å². The van der Waals surface area contributed by atoms with Gasteiger partial charge in [-0.1, -0.05) is 18.7 Å². The number of aryl methyl sites for hydroxylation is 1. The van der Waals surface area contributed by atoms with Gasteiger partial charge in [0.25, 0.3) is 0 Å². The molecular formula is C20H22N4O. The molecule has 3 aromatic rings. The van der Waals surface area contributed by atoms with Crippen LogP contribution in [0, 0.1) is 6.92 Å². The zero-order valence-electron chi connectivity index (χ0n) is 14.8. The van der Waals surface area contributed by atoms with Crippen LogP contribution in [0.4, 0.5) is 11.5 Å². The maximum atomic E-state index is 5.68. The van der Waals surface area contributed by atoms with Crippen molar-refractivity contribution in [3.8, 4) is 5.75 Å². The summed E-state index contributed by atoms with van der Waals surface area (Å²) in [5.41, 5.74) is 2.81. The van der Waals surface area contributed by atoms with Gasteiger partial charge in [-0.3, -0.25) is 0 Å². The van der Waals surface area contributed by atoms with Crippen molar-refractivity contribution in [3.05, 3.63) is 66.6 Å². The Bertz CT molecular complexity index is 890. The molecule has 5 nitrogen and oxygen atoms in total. The molecule has 0 aliphatic carbocycles. The smallest absolute Gasteiger partial charge is 0.144 e. The third-order valence-corrected chi connectivity index (χ3v) is 4.00. The normalized spacial score (nSPS) is 10.5. The molecule has 0 aliphatic rings. The molecular weight excluding hydrogens is 312 g/mol. The number of benzene rings is 2. The highest BCUT2D eigenvalue weighted by Gasteiger charge is 2.11. The van der Waals surface area contributed by atoms with Crippen molar-refractivity contribution in [2.75, 3.05) is 25.6 Å². The van der Waals surface area contributed by atoms with Crippen LogP contribution in [0.2, 0.25) is 0 Å². The van der Waals surface area contributed by atoms with Crippen molar-refractivity contribution in [2.45, 2.75) is 6.92 Å². The first-order valence-electron chi connectivity index (χ1n) is 8.14. The average molecular weight is 334 g/mol. The van der Waals surface area contributed by atoms with Crippen LogP contribution in [0.15, 0.2) is 60.8 Å². The van der Waals surface area contributed by atoms with E-state index in [4.69, 9.17) is 4.74 Å². The highest BCUT2D eigenvalue weighted by atomic mass is 16.5. The number of aromatic nitrogens is 2. The van der Waals surface area contributed by atoms with E-state index in [1.807, 2.05) is 69.6 Å². The zero-order valence-corrected chi connectivity index (χ0v) is 14.8. The Hall–Kier alpha value is -3.08. The second-order valence-corrected chi connectivity index (χ2v) is 5.81. The average Bonchev–Trinajstić information content (AvgIpc) is 2.65. The van der Waals surface area contributed by atoms with Gasteiger partial charge in [0, 0.05) is 30.9 Å². The van der Waals surface area contributed by atoms with Crippen LogP contribution in [0.25, 0.3) is 10.9 Å². The predicted molar refractivity (Wildman–Crippen MR) is 102 cm³/mol. The van der Waals surface area contributed by atoms with Gasteiger partial charge in [0.05, 0.1) is 5.52 Å². The minimum absolute atomic E-state index is 0.446. The molecule has 128 valence electrons. The van der Waals surface area contributed by atoms with E-state index in [0.717, 1.165) is 39.7 Å². The second kappa shape index (κ2) is 7.21. The van der Waals surface area contributed by atoms with Gasteiger partial charge in [0.15, 0.2) is 0 Å². The van der Waals surface area contributed by atoms with Gasteiger partial charge in [-0.2, -0.15) is 0 Å². The van der Waals surface area contributed by atoms with Crippen molar-refractivity contribution in [1.29, 1.82) is 0 Å². The van der Waals surface area contributed by atoms with Gasteiger partial charge < -0.3 is 15.0 Å². The van der Waals surface area contributed by atoms with Crippen molar-refractivity contribution in [3.63, 3.8) is 0 Å². The van der Waals surface area contributed by atoms with Crippen LogP contribution < -0.4 is 15.0 Å². The van der Waals surface area contributed by atoms with Crippen LogP contribution in [-0.2, 0) is 0 Å². The largest absolute Gasteiger partial charge is 0.487 e. The number of hydrogen-bond donors (Lipinski definition) is 1. The Morgan fingerprint density at radius 3 is 2.56 bits per heavy atom. The Labute approximate surface area is 148 Å². The molecule has 0 amide bonds. The van der Waals surface area contributed by atoms with Gasteiger partial charge >= 0.3 is 0 Å². The molecule has 1 heterocycles. The fourth-order valence-electron chi connectivity index (χ4n) is 2.56. The summed E-state index contributed by atoms with van der Waals surface area (Å²) in [5.74, 6) is 2.45. The third-order valence-electron chi connectivity index (χ3n) is 4.00. The van der Waals surface area contributed by atoms with Gasteiger partial charge in [-0.15, -0.1) is 0 Å². The monoisotopic (exact) mass is 334 g/mol. The number of fused-ring (bicyclic) bond motifs is 1. The molecule has 0 bridgehead atoms. The van der Waals surface area contributed by atoms with Crippen molar-refractivity contribution >= 4 is 22.4 Å². The molecule has 25 heavy (non-hydrogen) atoms. The third kappa shape index (κ3) is 3.71. The van der Waals surface area contributed by atoms with E-state index in [2.05, 4.69) is 26.8 Å². The number of anilines is 2. The van der Waals surface area contributed by atoms with Gasteiger partial charge in [-0.25, -0.2) is 9.97 Å². The Balaban J connectivity index is 1.86. The lowest BCUT2D eigenvalue weighted by molar-refractivity contribution is 0.345. The Morgan fingerprint density at radius 2 is 1.84 bits per heavy atom. The fourth-order valence-corrected chi connectivity index (χ4v) is 2.56. The standard InChI is InChI=1S/C20H22N4O/c1-14(21-3)13-25-17-11-9-16(10-12-17)24(4)20-18-7-5-6-8-19(18)22-15(2)23-20/h5-12,21H,1,13H2,2-4H3. The molecule has 0 saturated carbocycles. The van der Waals surface area contributed by atoms with E-state index in [-0.39, 0.29) is 0 Å². The minimum Gasteiger partial charge on any atom is -0.487 e. The molecule has 0 radical (unpaired) electrons. The minimum atomic E-state index is 0.446. The molecule has 0 spiro atoms. The summed E-state index contributed by atoms with van der Waals surface area (Å²) in [4.78, 5) is 11.2. The molecule has 2 aromatic carbocycles. The summed E-state index contributed by atoms with van der Waals surface area (Å²) < 4.78 is 5.68. The van der Waals surface area contributed by atoms with Crippen LogP contribution >= 0.6 is 0 Å². The number of para-hydroxylation sites is 1. The topological polar surface area (TPSA) is 50.3 Å². The summed E-state index contributed by atoms with van der Waals surface area (Å²) in [6.45, 7) is 6.21. The lowest BCUT2D eigenvalue weighted by Crippen LogP contribution is -2.14. The molecule has 0 unspecified atom stereocenters. The number of likely N-dealkylation sites (N-methyl/N-ethyl adjacent to an activating group) is 1. The summed E-state index contributed by atoms with van der Waals surface area (Å²) in [6.07, 6.45) is 0. The predicted octanol–water partition coefficient (Wildman–Crippen LogP) is 3.82. The van der Waals surface area contributed by atoms with E-state index >= 15 is 0 Å². The fraction of sp³-hybridized carbons (Fsp3) is 0.200. The first-order chi connectivity index (χ1) is 12.1. The molecule has 1 N–H and O–H groups in total. The van der Waals surface area contributed by atoms with E-state index < -0.39 is 0 Å². The molecule has 0 saturated heterocycles. The number of nitrogens with one attached hydrogen (secondary N) is 1. The second-order valence-electron chi connectivity index (χ2n) is 5.81. The molecule has 0 aliphatic heterocycles. The van der Waals surface area contributed by atoms with E-state index in [9.17, 15) is 0 Å². The van der Waals surface area contributed by atoms with Gasteiger partial charge in [0.2, 0.25) is 0 Å². The lowest BCUT2D eigenvalue weighted by Gasteiger charge is -2.21. The Morgan fingerprint density at radius 1 is 1.12 bits per heavy atom. The summed E-state index contributed by atoms with van der Waals surface area (Å²) in [6, 6.07) is 16.0. The number of hydrogen-bond acceptors (Lipinski definition) is 5. The number of nitrogens with zero attached hydrogens (tertiary/aromatic N) is 3. The van der Waals surface area contributed by atoms with Gasteiger partial charge in [0.1, 0.15) is 24.0 Å². The SMILES string of the molecule is C=C(COc1ccc(N(C)c2nc(C)nc3ccccc23)cc1)NC. The van der Waals surface area contributed by atoms with Crippen molar-refractivity contribution in [2.24, 2.45) is 0 Å².